The smallest absolute Gasteiger partial charge is 0.316 e. The summed E-state index contributed by atoms with van der Waals surface area (Å²) in [7, 11) is 0. The van der Waals surface area contributed by atoms with Crippen LogP contribution in [0.2, 0.25) is 0 Å². The number of primary amides is 1. The van der Waals surface area contributed by atoms with E-state index in [0.29, 0.717) is 11.4 Å². The van der Waals surface area contributed by atoms with Crippen LogP contribution in [0.4, 0.5) is 16.2 Å². The summed E-state index contributed by atoms with van der Waals surface area (Å²) < 4.78 is 0. The first kappa shape index (κ1) is 15.6. The zero-order chi connectivity index (χ0) is 15.9. The molecule has 2 rings (SSSR count). The Hall–Kier alpha value is -2.82. The Kier molecular flexibility index (Phi) is 5.14. The molecule has 3 amide bonds. The zero-order valence-electron chi connectivity index (χ0n) is 12.4. The van der Waals surface area contributed by atoms with Gasteiger partial charge in [0.25, 0.3) is 0 Å². The molecule has 0 aromatic heterocycles. The summed E-state index contributed by atoms with van der Waals surface area (Å²) in [5.74, 6) is -0.242. The van der Waals surface area contributed by atoms with Crippen molar-refractivity contribution >= 4 is 23.3 Å². The molecule has 1 unspecified atom stereocenters. The third-order valence-electron chi connectivity index (χ3n) is 3.35. The van der Waals surface area contributed by atoms with Gasteiger partial charge in [-0.15, -0.1) is 0 Å². The Labute approximate surface area is 129 Å². The molecule has 4 N–H and O–H groups in total. The second-order valence-corrected chi connectivity index (χ2v) is 4.93. The fraction of sp³-hybridized carbons (Fsp3) is 0.176. The predicted octanol–water partition coefficient (Wildman–Crippen LogP) is 3.31. The molecule has 0 radical (unpaired) electrons. The molecule has 114 valence electrons. The fourth-order valence-electron chi connectivity index (χ4n) is 2.27. The van der Waals surface area contributed by atoms with Gasteiger partial charge in [0.2, 0.25) is 5.91 Å². The lowest BCUT2D eigenvalue weighted by atomic mass is 9.95. The Morgan fingerprint density at radius 2 is 1.50 bits per heavy atom. The molecule has 5 heteroatoms. The summed E-state index contributed by atoms with van der Waals surface area (Å²) in [5, 5.41) is 5.36. The van der Waals surface area contributed by atoms with Crippen LogP contribution in [0, 0.1) is 0 Å². The van der Waals surface area contributed by atoms with Crippen molar-refractivity contribution in [2.45, 2.75) is 19.3 Å². The van der Waals surface area contributed by atoms with E-state index in [1.165, 1.54) is 0 Å². The molecule has 0 spiro atoms. The molecule has 5 nitrogen and oxygen atoms in total. The monoisotopic (exact) mass is 297 g/mol. The van der Waals surface area contributed by atoms with E-state index in [-0.39, 0.29) is 11.8 Å². The second-order valence-electron chi connectivity index (χ2n) is 4.93. The van der Waals surface area contributed by atoms with Crippen LogP contribution in [0.3, 0.4) is 0 Å². The number of rotatable bonds is 5. The molecule has 0 saturated heterocycles. The van der Waals surface area contributed by atoms with Crippen LogP contribution in [-0.4, -0.2) is 11.9 Å². The first-order valence-electron chi connectivity index (χ1n) is 7.12. The second kappa shape index (κ2) is 7.26. The summed E-state index contributed by atoms with van der Waals surface area (Å²) in [4.78, 5) is 23.2. The molecule has 0 bridgehead atoms. The van der Waals surface area contributed by atoms with Gasteiger partial charge in [0.1, 0.15) is 0 Å². The van der Waals surface area contributed by atoms with Gasteiger partial charge in [-0.2, -0.15) is 0 Å². The van der Waals surface area contributed by atoms with Crippen molar-refractivity contribution in [1.29, 1.82) is 0 Å². The number of nitrogens with one attached hydrogen (secondary N) is 2. The minimum atomic E-state index is -0.619. The lowest BCUT2D eigenvalue weighted by molar-refractivity contribution is -0.117. The van der Waals surface area contributed by atoms with E-state index < -0.39 is 6.03 Å². The number of nitrogens with two attached hydrogens (primary N) is 1. The van der Waals surface area contributed by atoms with Gasteiger partial charge in [0.15, 0.2) is 0 Å². The largest absolute Gasteiger partial charge is 0.351 e. The lowest BCUT2D eigenvalue weighted by Crippen LogP contribution is -2.21. The third-order valence-corrected chi connectivity index (χ3v) is 3.35. The van der Waals surface area contributed by atoms with Gasteiger partial charge in [-0.25, -0.2) is 4.79 Å². The van der Waals surface area contributed by atoms with Gasteiger partial charge < -0.3 is 16.4 Å². The summed E-state index contributed by atoms with van der Waals surface area (Å²) in [5.41, 5.74) is 7.30. The molecule has 1 atom stereocenters. The normalized spacial score (nSPS) is 11.5. The molecule has 0 aliphatic carbocycles. The van der Waals surface area contributed by atoms with Crippen molar-refractivity contribution in [2.24, 2.45) is 5.73 Å². The summed E-state index contributed by atoms with van der Waals surface area (Å²) in [6.45, 7) is 1.98. The van der Waals surface area contributed by atoms with Crippen LogP contribution in [0.5, 0.6) is 0 Å². The summed E-state index contributed by atoms with van der Waals surface area (Å²) >= 11 is 0. The van der Waals surface area contributed by atoms with Crippen LogP contribution >= 0.6 is 0 Å². The standard InChI is InChI=1S/C17H19N3O2/c1-2-15(12-6-4-3-5-7-12)16(21)19-13-8-10-14(11-9-13)20-17(18)22/h3-11,15H,2H2,1H3,(H,19,21)(H3,18,20,22). The van der Waals surface area contributed by atoms with Crippen LogP contribution in [0.15, 0.2) is 54.6 Å². The number of hydrogen-bond donors (Lipinski definition) is 3. The highest BCUT2D eigenvalue weighted by Crippen LogP contribution is 2.22. The molecule has 0 fully saturated rings. The van der Waals surface area contributed by atoms with E-state index in [9.17, 15) is 9.59 Å². The predicted molar refractivity (Wildman–Crippen MR) is 87.8 cm³/mol. The quantitative estimate of drug-likeness (QED) is 0.791. The Morgan fingerprint density at radius 1 is 0.955 bits per heavy atom. The van der Waals surface area contributed by atoms with Crippen molar-refractivity contribution in [2.75, 3.05) is 10.6 Å². The molecule has 2 aromatic carbocycles. The number of benzene rings is 2. The highest BCUT2D eigenvalue weighted by molar-refractivity contribution is 5.96. The lowest BCUT2D eigenvalue weighted by Gasteiger charge is -2.15. The first-order chi connectivity index (χ1) is 10.6. The number of hydrogen-bond acceptors (Lipinski definition) is 2. The van der Waals surface area contributed by atoms with Gasteiger partial charge in [-0.3, -0.25) is 4.79 Å². The molecule has 22 heavy (non-hydrogen) atoms. The molecule has 0 aliphatic rings. The van der Waals surface area contributed by atoms with Crippen molar-refractivity contribution in [3.63, 3.8) is 0 Å². The van der Waals surface area contributed by atoms with Crippen molar-refractivity contribution < 1.29 is 9.59 Å². The fourth-order valence-corrected chi connectivity index (χ4v) is 2.27. The highest BCUT2D eigenvalue weighted by Gasteiger charge is 2.18. The molecular formula is C17H19N3O2. The van der Waals surface area contributed by atoms with E-state index in [1.807, 2.05) is 37.3 Å². The van der Waals surface area contributed by atoms with E-state index >= 15 is 0 Å². The molecule has 0 heterocycles. The maximum absolute atomic E-state index is 12.4. The van der Waals surface area contributed by atoms with Gasteiger partial charge in [0, 0.05) is 11.4 Å². The Morgan fingerprint density at radius 3 is 2.00 bits per heavy atom. The molecule has 0 saturated carbocycles. The Bertz CT molecular complexity index is 639. The van der Waals surface area contributed by atoms with Crippen molar-refractivity contribution in [1.82, 2.24) is 0 Å². The minimum Gasteiger partial charge on any atom is -0.351 e. The van der Waals surface area contributed by atoms with Crippen LogP contribution in [-0.2, 0) is 4.79 Å². The number of amides is 3. The average molecular weight is 297 g/mol. The van der Waals surface area contributed by atoms with Gasteiger partial charge in [-0.05, 0) is 36.2 Å². The number of urea groups is 1. The third kappa shape index (κ3) is 4.09. The van der Waals surface area contributed by atoms with Crippen molar-refractivity contribution in [3.05, 3.63) is 60.2 Å². The maximum atomic E-state index is 12.4. The van der Waals surface area contributed by atoms with Crippen LogP contribution in [0.1, 0.15) is 24.8 Å². The van der Waals surface area contributed by atoms with Gasteiger partial charge >= 0.3 is 6.03 Å². The highest BCUT2D eigenvalue weighted by atomic mass is 16.2. The molecular weight excluding hydrogens is 278 g/mol. The van der Waals surface area contributed by atoms with Crippen LogP contribution < -0.4 is 16.4 Å². The SMILES string of the molecule is CCC(C(=O)Nc1ccc(NC(N)=O)cc1)c1ccccc1. The topological polar surface area (TPSA) is 84.2 Å². The van der Waals surface area contributed by atoms with Crippen LogP contribution in [0.25, 0.3) is 0 Å². The minimum absolute atomic E-state index is 0.0516. The van der Waals surface area contributed by atoms with Gasteiger partial charge in [0.05, 0.1) is 5.92 Å². The summed E-state index contributed by atoms with van der Waals surface area (Å²) in [6, 6.07) is 15.9. The average Bonchev–Trinajstić information content (AvgIpc) is 2.50. The summed E-state index contributed by atoms with van der Waals surface area (Å²) in [6.07, 6.45) is 0.719. The number of anilines is 2. The number of carbonyl (C=O) groups excluding carboxylic acids is 2. The molecule has 2 aromatic rings. The van der Waals surface area contributed by atoms with Gasteiger partial charge in [-0.1, -0.05) is 37.3 Å². The van der Waals surface area contributed by atoms with E-state index in [1.54, 1.807) is 24.3 Å². The van der Waals surface area contributed by atoms with E-state index in [0.717, 1.165) is 12.0 Å². The first-order valence-corrected chi connectivity index (χ1v) is 7.12. The van der Waals surface area contributed by atoms with E-state index in [2.05, 4.69) is 10.6 Å². The van der Waals surface area contributed by atoms with E-state index in [4.69, 9.17) is 5.73 Å². The maximum Gasteiger partial charge on any atom is 0.316 e. The zero-order valence-corrected chi connectivity index (χ0v) is 12.4. The van der Waals surface area contributed by atoms with Crippen molar-refractivity contribution in [3.8, 4) is 0 Å². The number of carbonyl (C=O) groups is 2. The Balaban J connectivity index is 2.05. The molecule has 0 aliphatic heterocycles.